The Morgan fingerprint density at radius 2 is 1.91 bits per heavy atom. The van der Waals surface area contributed by atoms with Crippen molar-refractivity contribution < 1.29 is 13.5 Å². The maximum Gasteiger partial charge on any atom is 0.250 e. The lowest BCUT2D eigenvalue weighted by atomic mass is 9.91. The highest BCUT2D eigenvalue weighted by molar-refractivity contribution is 5.72. The first-order valence-electron chi connectivity index (χ1n) is 11.0. The second kappa shape index (κ2) is 9.21. The van der Waals surface area contributed by atoms with Crippen LogP contribution in [0.25, 0.3) is 11.3 Å². The summed E-state index contributed by atoms with van der Waals surface area (Å²) in [6.45, 7) is 4.72. The SMILES string of the molecule is Cn1cc(-c2nc(C(C)(C)C#N)cnc2N2CCC(Oc3ccc(F)cc3F)CC2)ccc1=O. The van der Waals surface area contributed by atoms with Crippen LogP contribution in [-0.4, -0.2) is 33.7 Å². The van der Waals surface area contributed by atoms with Gasteiger partial charge in [0, 0.05) is 56.9 Å². The zero-order chi connectivity index (χ0) is 24.5. The number of nitrogens with zero attached hydrogens (tertiary/aromatic N) is 5. The summed E-state index contributed by atoms with van der Waals surface area (Å²) in [5.41, 5.74) is 0.860. The average molecular weight is 466 g/mol. The van der Waals surface area contributed by atoms with E-state index in [1.165, 1.54) is 22.8 Å². The lowest BCUT2D eigenvalue weighted by Crippen LogP contribution is -2.39. The van der Waals surface area contributed by atoms with E-state index in [9.17, 15) is 18.8 Å². The summed E-state index contributed by atoms with van der Waals surface area (Å²) >= 11 is 0. The number of benzene rings is 1. The number of anilines is 1. The maximum atomic E-state index is 14.0. The molecule has 0 amide bonds. The molecular formula is C25H25F2N5O2. The molecule has 1 aromatic carbocycles. The first-order chi connectivity index (χ1) is 16.2. The number of ether oxygens (including phenoxy) is 1. The normalized spacial score (nSPS) is 14.6. The molecule has 0 unspecified atom stereocenters. The predicted octanol–water partition coefficient (Wildman–Crippen LogP) is 3.97. The van der Waals surface area contributed by atoms with Crippen LogP contribution in [0.5, 0.6) is 5.75 Å². The van der Waals surface area contributed by atoms with Crippen molar-refractivity contribution in [1.82, 2.24) is 14.5 Å². The lowest BCUT2D eigenvalue weighted by Gasteiger charge is -2.34. The van der Waals surface area contributed by atoms with Crippen LogP contribution in [0.15, 0.2) is 47.5 Å². The van der Waals surface area contributed by atoms with Crippen LogP contribution in [0.3, 0.4) is 0 Å². The zero-order valence-corrected chi connectivity index (χ0v) is 19.3. The minimum Gasteiger partial charge on any atom is -0.487 e. The topological polar surface area (TPSA) is 84.0 Å². The van der Waals surface area contributed by atoms with Crippen molar-refractivity contribution in [3.63, 3.8) is 0 Å². The molecule has 34 heavy (non-hydrogen) atoms. The molecule has 1 saturated heterocycles. The molecule has 0 saturated carbocycles. The van der Waals surface area contributed by atoms with E-state index in [0.29, 0.717) is 48.7 Å². The van der Waals surface area contributed by atoms with Crippen LogP contribution < -0.4 is 15.2 Å². The van der Waals surface area contributed by atoms with Gasteiger partial charge >= 0.3 is 0 Å². The van der Waals surface area contributed by atoms with Crippen molar-refractivity contribution in [1.29, 1.82) is 5.26 Å². The molecule has 3 aromatic rings. The summed E-state index contributed by atoms with van der Waals surface area (Å²) in [4.78, 5) is 23.4. The quantitative estimate of drug-likeness (QED) is 0.567. The molecule has 0 N–H and O–H groups in total. The lowest BCUT2D eigenvalue weighted by molar-refractivity contribution is 0.163. The molecule has 0 atom stereocenters. The van der Waals surface area contributed by atoms with Gasteiger partial charge in [-0.3, -0.25) is 4.79 Å². The van der Waals surface area contributed by atoms with Gasteiger partial charge in [-0.25, -0.2) is 18.7 Å². The van der Waals surface area contributed by atoms with Gasteiger partial charge in [0.15, 0.2) is 17.4 Å². The van der Waals surface area contributed by atoms with Crippen LogP contribution in [0.1, 0.15) is 32.4 Å². The fourth-order valence-corrected chi connectivity index (χ4v) is 3.84. The molecule has 1 fully saturated rings. The summed E-state index contributed by atoms with van der Waals surface area (Å²) < 4.78 is 34.4. The van der Waals surface area contributed by atoms with Gasteiger partial charge in [0.25, 0.3) is 0 Å². The number of hydrogen-bond acceptors (Lipinski definition) is 6. The molecule has 1 aliphatic rings. The predicted molar refractivity (Wildman–Crippen MR) is 124 cm³/mol. The number of aromatic nitrogens is 3. The van der Waals surface area contributed by atoms with Crippen molar-refractivity contribution in [3.05, 3.63) is 70.4 Å². The van der Waals surface area contributed by atoms with Crippen LogP contribution in [0.2, 0.25) is 0 Å². The molecule has 3 heterocycles. The van der Waals surface area contributed by atoms with Gasteiger partial charge < -0.3 is 14.2 Å². The molecule has 4 rings (SSSR count). The Hall–Kier alpha value is -3.80. The van der Waals surface area contributed by atoms with E-state index in [-0.39, 0.29) is 17.4 Å². The van der Waals surface area contributed by atoms with Crippen LogP contribution >= 0.6 is 0 Å². The second-order valence-electron chi connectivity index (χ2n) is 8.91. The Bertz CT molecular complexity index is 1310. The van der Waals surface area contributed by atoms with Crippen LogP contribution in [0.4, 0.5) is 14.6 Å². The molecule has 0 aliphatic carbocycles. The van der Waals surface area contributed by atoms with Crippen LogP contribution in [0, 0.1) is 23.0 Å². The molecule has 0 spiro atoms. The highest BCUT2D eigenvalue weighted by Crippen LogP contribution is 2.32. The van der Waals surface area contributed by atoms with E-state index in [0.717, 1.165) is 6.07 Å². The second-order valence-corrected chi connectivity index (χ2v) is 8.91. The Labute approximate surface area is 196 Å². The fraction of sp³-hybridized carbons (Fsp3) is 0.360. The fourth-order valence-electron chi connectivity index (χ4n) is 3.84. The van der Waals surface area contributed by atoms with Crippen molar-refractivity contribution in [3.8, 4) is 23.1 Å². The number of pyridine rings is 1. The van der Waals surface area contributed by atoms with E-state index >= 15 is 0 Å². The van der Waals surface area contributed by atoms with Gasteiger partial charge in [-0.1, -0.05) is 0 Å². The van der Waals surface area contributed by atoms with Crippen molar-refractivity contribution >= 4 is 5.82 Å². The van der Waals surface area contributed by atoms with Crippen molar-refractivity contribution in [2.75, 3.05) is 18.0 Å². The zero-order valence-electron chi connectivity index (χ0n) is 19.3. The molecule has 0 bridgehead atoms. The van der Waals surface area contributed by atoms with Crippen molar-refractivity contribution in [2.45, 2.75) is 38.2 Å². The number of nitriles is 1. The van der Waals surface area contributed by atoms with Gasteiger partial charge in [0.2, 0.25) is 5.56 Å². The summed E-state index contributed by atoms with van der Waals surface area (Å²) in [5.74, 6) is -0.690. The number of halogens is 2. The molecule has 2 aromatic heterocycles. The molecule has 1 aliphatic heterocycles. The third kappa shape index (κ3) is 4.76. The number of hydrogen-bond donors (Lipinski definition) is 0. The Balaban J connectivity index is 1.60. The molecule has 176 valence electrons. The summed E-state index contributed by atoms with van der Waals surface area (Å²) in [6.07, 6.45) is 4.31. The smallest absolute Gasteiger partial charge is 0.250 e. The standard InChI is InChI=1S/C25H25F2N5O2/c1-25(2,15-28)21-13-29-24(23(30-21)16-4-7-22(33)31(3)14-16)32-10-8-18(9-11-32)34-20-6-5-17(26)12-19(20)27/h4-7,12-14,18H,8-11H2,1-3H3. The minimum absolute atomic E-state index is 0.0358. The van der Waals surface area contributed by atoms with E-state index in [2.05, 4.69) is 16.0 Å². The summed E-state index contributed by atoms with van der Waals surface area (Å²) in [7, 11) is 1.67. The average Bonchev–Trinajstić information content (AvgIpc) is 2.83. The number of aryl methyl sites for hydroxylation is 1. The van der Waals surface area contributed by atoms with E-state index in [1.807, 2.05) is 0 Å². The number of piperidine rings is 1. The Kier molecular flexibility index (Phi) is 6.33. The largest absolute Gasteiger partial charge is 0.487 e. The maximum absolute atomic E-state index is 14.0. The first-order valence-corrected chi connectivity index (χ1v) is 11.0. The van der Waals surface area contributed by atoms with Gasteiger partial charge in [0.1, 0.15) is 17.6 Å². The number of rotatable bonds is 5. The molecule has 7 nitrogen and oxygen atoms in total. The van der Waals surface area contributed by atoms with Gasteiger partial charge in [0.05, 0.1) is 23.4 Å². The summed E-state index contributed by atoms with van der Waals surface area (Å²) in [6, 6.07) is 8.71. The molecule has 0 radical (unpaired) electrons. The monoisotopic (exact) mass is 465 g/mol. The molecule has 9 heteroatoms. The van der Waals surface area contributed by atoms with Crippen LogP contribution in [-0.2, 0) is 12.5 Å². The first kappa shape index (κ1) is 23.4. The highest BCUT2D eigenvalue weighted by Gasteiger charge is 2.28. The highest BCUT2D eigenvalue weighted by atomic mass is 19.1. The van der Waals surface area contributed by atoms with E-state index in [4.69, 9.17) is 9.72 Å². The minimum atomic E-state index is -0.832. The third-order valence-corrected chi connectivity index (χ3v) is 5.96. The van der Waals surface area contributed by atoms with Gasteiger partial charge in [-0.2, -0.15) is 5.26 Å². The van der Waals surface area contributed by atoms with Crippen molar-refractivity contribution in [2.24, 2.45) is 7.05 Å². The van der Waals surface area contributed by atoms with Gasteiger partial charge in [-0.15, -0.1) is 0 Å². The van der Waals surface area contributed by atoms with E-state index in [1.54, 1.807) is 39.4 Å². The van der Waals surface area contributed by atoms with E-state index < -0.39 is 17.0 Å². The third-order valence-electron chi connectivity index (χ3n) is 5.96. The summed E-state index contributed by atoms with van der Waals surface area (Å²) in [5, 5.41) is 9.56. The molecular weight excluding hydrogens is 440 g/mol. The van der Waals surface area contributed by atoms with Gasteiger partial charge in [-0.05, 0) is 32.0 Å². The Morgan fingerprint density at radius 3 is 2.56 bits per heavy atom. The Morgan fingerprint density at radius 1 is 1.18 bits per heavy atom.